The minimum absolute atomic E-state index is 0.727. The summed E-state index contributed by atoms with van der Waals surface area (Å²) in [5, 5.41) is 9.93. The van der Waals surface area contributed by atoms with E-state index in [1.165, 1.54) is 0 Å². The zero-order valence-corrected chi connectivity index (χ0v) is 9.72. The Hall–Kier alpha value is -2.04. The van der Waals surface area contributed by atoms with E-state index in [1.54, 1.807) is 0 Å². The van der Waals surface area contributed by atoms with Gasteiger partial charge in [-0.2, -0.15) is 0 Å². The van der Waals surface area contributed by atoms with Crippen LogP contribution in [-0.2, 0) is 0 Å². The highest BCUT2D eigenvalue weighted by Crippen LogP contribution is 2.13. The highest BCUT2D eigenvalue weighted by Gasteiger charge is 2.02. The van der Waals surface area contributed by atoms with E-state index in [2.05, 4.69) is 11.8 Å². The first kappa shape index (κ1) is 11.4. The van der Waals surface area contributed by atoms with E-state index in [0.717, 1.165) is 16.7 Å². The summed E-state index contributed by atoms with van der Waals surface area (Å²) in [4.78, 5) is 0. The Bertz CT molecular complexity index is 546. The first-order valence-electron chi connectivity index (χ1n) is 5.57. The van der Waals surface area contributed by atoms with Crippen molar-refractivity contribution in [3.05, 3.63) is 71.3 Å². The maximum absolute atomic E-state index is 9.93. The lowest BCUT2D eigenvalue weighted by Gasteiger charge is -2.04. The van der Waals surface area contributed by atoms with Gasteiger partial charge in [0.25, 0.3) is 0 Å². The van der Waals surface area contributed by atoms with Crippen molar-refractivity contribution in [2.24, 2.45) is 0 Å². The van der Waals surface area contributed by atoms with Crippen LogP contribution in [0, 0.1) is 18.8 Å². The van der Waals surface area contributed by atoms with Crippen LogP contribution in [0.4, 0.5) is 0 Å². The quantitative estimate of drug-likeness (QED) is 0.735. The lowest BCUT2D eigenvalue weighted by Crippen LogP contribution is -1.93. The van der Waals surface area contributed by atoms with Crippen LogP contribution < -0.4 is 0 Å². The van der Waals surface area contributed by atoms with Gasteiger partial charge in [-0.25, -0.2) is 0 Å². The van der Waals surface area contributed by atoms with Gasteiger partial charge in [-0.15, -0.1) is 0 Å². The molecule has 2 rings (SSSR count). The standard InChI is InChI=1S/C16H14O/c1-13-6-5-9-15(12-13)16(17)11-10-14-7-3-2-4-8-14/h2-9,12,16-17H,1H3/t16-/m0/s1. The van der Waals surface area contributed by atoms with Crippen molar-refractivity contribution < 1.29 is 5.11 Å². The fourth-order valence-corrected chi connectivity index (χ4v) is 1.60. The molecule has 2 aromatic rings. The van der Waals surface area contributed by atoms with Crippen LogP contribution in [0.3, 0.4) is 0 Å². The van der Waals surface area contributed by atoms with E-state index in [1.807, 2.05) is 61.5 Å². The summed E-state index contributed by atoms with van der Waals surface area (Å²) in [6.07, 6.45) is -0.727. The van der Waals surface area contributed by atoms with E-state index in [4.69, 9.17) is 0 Å². The van der Waals surface area contributed by atoms with Crippen LogP contribution >= 0.6 is 0 Å². The van der Waals surface area contributed by atoms with Crippen molar-refractivity contribution in [3.63, 3.8) is 0 Å². The van der Waals surface area contributed by atoms with Gasteiger partial charge in [-0.3, -0.25) is 0 Å². The Kier molecular flexibility index (Phi) is 3.59. The topological polar surface area (TPSA) is 20.2 Å². The van der Waals surface area contributed by atoms with E-state index < -0.39 is 6.10 Å². The molecule has 1 heteroatoms. The zero-order chi connectivity index (χ0) is 12.1. The van der Waals surface area contributed by atoms with Crippen molar-refractivity contribution >= 4 is 0 Å². The number of hydrogen-bond donors (Lipinski definition) is 1. The van der Waals surface area contributed by atoms with Gasteiger partial charge < -0.3 is 5.11 Å². The second-order valence-electron chi connectivity index (χ2n) is 3.95. The van der Waals surface area contributed by atoms with Crippen molar-refractivity contribution in [1.82, 2.24) is 0 Å². The molecular weight excluding hydrogens is 208 g/mol. The normalized spacial score (nSPS) is 11.4. The lowest BCUT2D eigenvalue weighted by molar-refractivity contribution is 0.238. The van der Waals surface area contributed by atoms with Crippen molar-refractivity contribution in [2.75, 3.05) is 0 Å². The average Bonchev–Trinajstić information content (AvgIpc) is 2.37. The van der Waals surface area contributed by atoms with Crippen LogP contribution in [-0.4, -0.2) is 5.11 Å². The molecule has 0 unspecified atom stereocenters. The minimum Gasteiger partial charge on any atom is -0.376 e. The molecule has 1 nitrogen and oxygen atoms in total. The molecule has 2 aromatic carbocycles. The summed E-state index contributed by atoms with van der Waals surface area (Å²) in [7, 11) is 0. The number of hydrogen-bond acceptors (Lipinski definition) is 1. The van der Waals surface area contributed by atoms with Crippen LogP contribution in [0.15, 0.2) is 54.6 Å². The summed E-state index contributed by atoms with van der Waals surface area (Å²) in [6.45, 7) is 2.00. The number of rotatable bonds is 1. The molecule has 0 saturated carbocycles. The highest BCUT2D eigenvalue weighted by atomic mass is 16.3. The summed E-state index contributed by atoms with van der Waals surface area (Å²) in [5.41, 5.74) is 2.88. The molecular formula is C16H14O. The Balaban J connectivity index is 2.18. The van der Waals surface area contributed by atoms with Crippen molar-refractivity contribution in [2.45, 2.75) is 13.0 Å². The summed E-state index contributed by atoms with van der Waals surface area (Å²) in [5.74, 6) is 5.81. The molecule has 1 N–H and O–H groups in total. The smallest absolute Gasteiger partial charge is 0.140 e. The molecule has 84 valence electrons. The number of aliphatic hydroxyl groups is 1. The molecule has 0 spiro atoms. The third-order valence-electron chi connectivity index (χ3n) is 2.48. The van der Waals surface area contributed by atoms with E-state index >= 15 is 0 Å². The van der Waals surface area contributed by atoms with Gasteiger partial charge in [-0.1, -0.05) is 59.9 Å². The first-order chi connectivity index (χ1) is 8.25. The Morgan fingerprint density at radius 2 is 1.76 bits per heavy atom. The van der Waals surface area contributed by atoms with Gasteiger partial charge in [0.15, 0.2) is 0 Å². The van der Waals surface area contributed by atoms with E-state index in [-0.39, 0.29) is 0 Å². The molecule has 0 radical (unpaired) electrons. The Morgan fingerprint density at radius 1 is 1.00 bits per heavy atom. The van der Waals surface area contributed by atoms with Crippen LogP contribution in [0.25, 0.3) is 0 Å². The second kappa shape index (κ2) is 5.34. The second-order valence-corrected chi connectivity index (χ2v) is 3.95. The van der Waals surface area contributed by atoms with Crippen LogP contribution in [0.5, 0.6) is 0 Å². The summed E-state index contributed by atoms with van der Waals surface area (Å²) < 4.78 is 0. The monoisotopic (exact) mass is 222 g/mol. The largest absolute Gasteiger partial charge is 0.376 e. The average molecular weight is 222 g/mol. The van der Waals surface area contributed by atoms with Crippen LogP contribution in [0.1, 0.15) is 22.8 Å². The van der Waals surface area contributed by atoms with Gasteiger partial charge in [0, 0.05) is 5.56 Å². The third-order valence-corrected chi connectivity index (χ3v) is 2.48. The molecule has 0 aromatic heterocycles. The van der Waals surface area contributed by atoms with Crippen molar-refractivity contribution in [1.29, 1.82) is 0 Å². The van der Waals surface area contributed by atoms with Gasteiger partial charge in [0.05, 0.1) is 0 Å². The van der Waals surface area contributed by atoms with Gasteiger partial charge in [0.2, 0.25) is 0 Å². The lowest BCUT2D eigenvalue weighted by atomic mass is 10.1. The van der Waals surface area contributed by atoms with Crippen LogP contribution in [0.2, 0.25) is 0 Å². The van der Waals surface area contributed by atoms with Crippen molar-refractivity contribution in [3.8, 4) is 11.8 Å². The first-order valence-corrected chi connectivity index (χ1v) is 5.57. The van der Waals surface area contributed by atoms with Gasteiger partial charge in [0.1, 0.15) is 6.10 Å². The van der Waals surface area contributed by atoms with E-state index in [9.17, 15) is 5.11 Å². The number of aliphatic hydroxyl groups excluding tert-OH is 1. The maximum Gasteiger partial charge on any atom is 0.140 e. The molecule has 0 saturated heterocycles. The molecule has 17 heavy (non-hydrogen) atoms. The predicted octanol–water partition coefficient (Wildman–Crippen LogP) is 3.08. The zero-order valence-electron chi connectivity index (χ0n) is 9.72. The SMILES string of the molecule is Cc1cccc([C@@H](O)C#Cc2ccccc2)c1. The molecule has 0 aliphatic heterocycles. The predicted molar refractivity (Wildman–Crippen MR) is 69.5 cm³/mol. The third kappa shape index (κ3) is 3.21. The maximum atomic E-state index is 9.93. The Morgan fingerprint density at radius 3 is 2.47 bits per heavy atom. The Labute approximate surface area is 102 Å². The van der Waals surface area contributed by atoms with Gasteiger partial charge in [-0.05, 0) is 24.6 Å². The number of benzene rings is 2. The fraction of sp³-hybridized carbons (Fsp3) is 0.125. The molecule has 0 bridgehead atoms. The molecule has 0 aliphatic rings. The van der Waals surface area contributed by atoms with Gasteiger partial charge >= 0.3 is 0 Å². The summed E-state index contributed by atoms with van der Waals surface area (Å²) in [6, 6.07) is 17.4. The number of aryl methyl sites for hydroxylation is 1. The molecule has 0 heterocycles. The minimum atomic E-state index is -0.727. The molecule has 0 amide bonds. The molecule has 0 aliphatic carbocycles. The highest BCUT2D eigenvalue weighted by molar-refractivity contribution is 5.37. The fourth-order valence-electron chi connectivity index (χ4n) is 1.60. The summed E-state index contributed by atoms with van der Waals surface area (Å²) >= 11 is 0. The molecule has 1 atom stereocenters. The molecule has 0 fully saturated rings. The van der Waals surface area contributed by atoms with E-state index in [0.29, 0.717) is 0 Å².